The van der Waals surface area contributed by atoms with Crippen molar-refractivity contribution in [3.63, 3.8) is 0 Å². The molecule has 0 amide bonds. The van der Waals surface area contributed by atoms with Gasteiger partial charge in [0.1, 0.15) is 17.9 Å². The fourth-order valence-corrected chi connectivity index (χ4v) is 2.21. The van der Waals surface area contributed by atoms with Crippen molar-refractivity contribution in [3.8, 4) is 0 Å². The van der Waals surface area contributed by atoms with E-state index in [1.54, 1.807) is 4.68 Å². The Morgan fingerprint density at radius 3 is 2.83 bits per heavy atom. The molecule has 0 bridgehead atoms. The molecule has 0 aliphatic carbocycles. The van der Waals surface area contributed by atoms with Crippen LogP contribution >= 0.6 is 15.9 Å². The fraction of sp³-hybridized carbons (Fsp3) is 0.308. The molecule has 0 atom stereocenters. The van der Waals surface area contributed by atoms with Crippen molar-refractivity contribution in [2.45, 2.75) is 26.3 Å². The van der Waals surface area contributed by atoms with E-state index in [2.05, 4.69) is 26.0 Å². The van der Waals surface area contributed by atoms with Gasteiger partial charge in [-0.1, -0.05) is 34.1 Å². The number of Topliss-reactive ketones (excluding diaryl/α,β-unsaturated/α-hetero) is 1. The van der Waals surface area contributed by atoms with Crippen LogP contribution in [0.4, 0.5) is 0 Å². The van der Waals surface area contributed by atoms with E-state index in [9.17, 15) is 4.79 Å². The number of hydrogen-bond acceptors (Lipinski definition) is 3. The first-order chi connectivity index (χ1) is 8.70. The SMILES string of the molecule is CCn1ncnc1CC(=O)Cc1ccccc1Br. The molecule has 2 rings (SSSR count). The highest BCUT2D eigenvalue weighted by Crippen LogP contribution is 2.17. The third kappa shape index (κ3) is 3.04. The van der Waals surface area contributed by atoms with Gasteiger partial charge in [-0.3, -0.25) is 4.79 Å². The van der Waals surface area contributed by atoms with Crippen LogP contribution in [0.15, 0.2) is 35.1 Å². The Morgan fingerprint density at radius 2 is 2.11 bits per heavy atom. The zero-order chi connectivity index (χ0) is 13.0. The third-order valence-electron chi connectivity index (χ3n) is 2.70. The molecule has 1 aromatic heterocycles. The van der Waals surface area contributed by atoms with Crippen LogP contribution in [0.1, 0.15) is 18.3 Å². The molecule has 1 aromatic carbocycles. The summed E-state index contributed by atoms with van der Waals surface area (Å²) in [6, 6.07) is 7.76. The van der Waals surface area contributed by atoms with Crippen molar-refractivity contribution in [1.82, 2.24) is 14.8 Å². The zero-order valence-electron chi connectivity index (χ0n) is 10.1. The van der Waals surface area contributed by atoms with Crippen molar-refractivity contribution >= 4 is 21.7 Å². The van der Waals surface area contributed by atoms with Crippen molar-refractivity contribution in [1.29, 1.82) is 0 Å². The number of carbonyl (C=O) groups excluding carboxylic acids is 1. The van der Waals surface area contributed by atoms with Crippen molar-refractivity contribution < 1.29 is 4.79 Å². The smallest absolute Gasteiger partial charge is 0.144 e. The molecule has 0 radical (unpaired) electrons. The normalized spacial score (nSPS) is 10.6. The molecule has 0 aliphatic rings. The summed E-state index contributed by atoms with van der Waals surface area (Å²) in [5.74, 6) is 0.874. The maximum Gasteiger partial charge on any atom is 0.144 e. The molecule has 4 nitrogen and oxygen atoms in total. The Kier molecular flexibility index (Phi) is 4.25. The number of nitrogens with zero attached hydrogens (tertiary/aromatic N) is 3. The Balaban J connectivity index is 2.04. The minimum Gasteiger partial charge on any atom is -0.299 e. The molecular formula is C13H14BrN3O. The van der Waals surface area contributed by atoms with Gasteiger partial charge in [-0.05, 0) is 18.6 Å². The van der Waals surface area contributed by atoms with Crippen molar-refractivity contribution in [3.05, 3.63) is 46.5 Å². The van der Waals surface area contributed by atoms with Crippen LogP contribution in [0.25, 0.3) is 0 Å². The second-order valence-electron chi connectivity index (χ2n) is 3.98. The number of rotatable bonds is 5. The second-order valence-corrected chi connectivity index (χ2v) is 4.83. The molecule has 5 heteroatoms. The van der Waals surface area contributed by atoms with Crippen LogP contribution in [0.5, 0.6) is 0 Å². The van der Waals surface area contributed by atoms with Gasteiger partial charge in [-0.15, -0.1) is 0 Å². The first-order valence-electron chi connectivity index (χ1n) is 5.82. The number of hydrogen-bond donors (Lipinski definition) is 0. The Labute approximate surface area is 114 Å². The number of ketones is 1. The maximum atomic E-state index is 12.0. The standard InChI is InChI=1S/C13H14BrN3O/c1-2-17-13(15-9-16-17)8-11(18)7-10-5-3-4-6-12(10)14/h3-6,9H,2,7-8H2,1H3. The van der Waals surface area contributed by atoms with E-state index < -0.39 is 0 Å². The molecule has 0 fully saturated rings. The lowest BCUT2D eigenvalue weighted by molar-refractivity contribution is -0.117. The first kappa shape index (κ1) is 13.0. The van der Waals surface area contributed by atoms with Crippen LogP contribution in [0.3, 0.4) is 0 Å². The highest BCUT2D eigenvalue weighted by molar-refractivity contribution is 9.10. The molecule has 1 heterocycles. The summed E-state index contributed by atoms with van der Waals surface area (Å²) >= 11 is 3.45. The Bertz CT molecular complexity index is 551. The summed E-state index contributed by atoms with van der Waals surface area (Å²) in [5, 5.41) is 4.06. The average Bonchev–Trinajstić information content (AvgIpc) is 2.79. The van der Waals surface area contributed by atoms with E-state index in [4.69, 9.17) is 0 Å². The van der Waals surface area contributed by atoms with Crippen molar-refractivity contribution in [2.24, 2.45) is 0 Å². The predicted molar refractivity (Wildman–Crippen MR) is 72.3 cm³/mol. The Morgan fingerprint density at radius 1 is 1.33 bits per heavy atom. The molecule has 0 saturated carbocycles. The van der Waals surface area contributed by atoms with E-state index in [0.717, 1.165) is 22.4 Å². The number of carbonyl (C=O) groups is 1. The van der Waals surface area contributed by atoms with Gasteiger partial charge in [0.2, 0.25) is 0 Å². The summed E-state index contributed by atoms with van der Waals surface area (Å²) in [6.45, 7) is 2.72. The Hall–Kier alpha value is -1.49. The number of aromatic nitrogens is 3. The van der Waals surface area contributed by atoms with Gasteiger partial charge < -0.3 is 0 Å². The molecule has 0 saturated heterocycles. The van der Waals surface area contributed by atoms with E-state index in [-0.39, 0.29) is 5.78 Å². The highest BCUT2D eigenvalue weighted by Gasteiger charge is 2.11. The van der Waals surface area contributed by atoms with Gasteiger partial charge in [-0.25, -0.2) is 9.67 Å². The molecular weight excluding hydrogens is 294 g/mol. The largest absolute Gasteiger partial charge is 0.299 e. The lowest BCUT2D eigenvalue weighted by Crippen LogP contribution is -2.12. The van der Waals surface area contributed by atoms with Gasteiger partial charge in [-0.2, -0.15) is 5.10 Å². The monoisotopic (exact) mass is 307 g/mol. The average molecular weight is 308 g/mol. The van der Waals surface area contributed by atoms with Crippen LogP contribution in [0, 0.1) is 0 Å². The summed E-state index contributed by atoms with van der Waals surface area (Å²) in [7, 11) is 0. The highest BCUT2D eigenvalue weighted by atomic mass is 79.9. The van der Waals surface area contributed by atoms with E-state index >= 15 is 0 Å². The van der Waals surface area contributed by atoms with Gasteiger partial charge in [0.05, 0.1) is 6.42 Å². The van der Waals surface area contributed by atoms with Crippen LogP contribution in [-0.4, -0.2) is 20.5 Å². The molecule has 0 unspecified atom stereocenters. The quantitative estimate of drug-likeness (QED) is 0.852. The minimum atomic E-state index is 0.143. The number of aryl methyl sites for hydroxylation is 1. The molecule has 0 aliphatic heterocycles. The molecule has 94 valence electrons. The summed E-state index contributed by atoms with van der Waals surface area (Å²) in [4.78, 5) is 16.1. The van der Waals surface area contributed by atoms with Gasteiger partial charge in [0.25, 0.3) is 0 Å². The molecule has 0 N–H and O–H groups in total. The summed E-state index contributed by atoms with van der Waals surface area (Å²) in [6.07, 6.45) is 2.23. The van der Waals surface area contributed by atoms with Gasteiger partial charge in [0, 0.05) is 17.4 Å². The fourth-order valence-electron chi connectivity index (χ4n) is 1.78. The maximum absolute atomic E-state index is 12.0. The number of halogens is 1. The van der Waals surface area contributed by atoms with Crippen molar-refractivity contribution in [2.75, 3.05) is 0 Å². The summed E-state index contributed by atoms with van der Waals surface area (Å²) in [5.41, 5.74) is 1.00. The lowest BCUT2D eigenvalue weighted by atomic mass is 10.1. The minimum absolute atomic E-state index is 0.143. The van der Waals surface area contributed by atoms with Crippen LogP contribution in [0.2, 0.25) is 0 Å². The molecule has 18 heavy (non-hydrogen) atoms. The summed E-state index contributed by atoms with van der Waals surface area (Å²) < 4.78 is 2.72. The van der Waals surface area contributed by atoms with Gasteiger partial charge in [0.15, 0.2) is 0 Å². The lowest BCUT2D eigenvalue weighted by Gasteiger charge is -2.04. The second kappa shape index (κ2) is 5.91. The molecule has 2 aromatic rings. The van der Waals surface area contributed by atoms with Gasteiger partial charge >= 0.3 is 0 Å². The van der Waals surface area contributed by atoms with E-state index in [0.29, 0.717) is 12.8 Å². The van der Waals surface area contributed by atoms with Crippen LogP contribution in [-0.2, 0) is 24.2 Å². The first-order valence-corrected chi connectivity index (χ1v) is 6.61. The van der Waals surface area contributed by atoms with E-state index in [1.807, 2.05) is 31.2 Å². The van der Waals surface area contributed by atoms with Crippen LogP contribution < -0.4 is 0 Å². The topological polar surface area (TPSA) is 47.8 Å². The third-order valence-corrected chi connectivity index (χ3v) is 3.47. The van der Waals surface area contributed by atoms with E-state index in [1.165, 1.54) is 6.33 Å². The predicted octanol–water partition coefficient (Wildman–Crippen LogP) is 2.41. The molecule has 0 spiro atoms. The number of benzene rings is 1. The zero-order valence-corrected chi connectivity index (χ0v) is 11.7.